The number of benzene rings is 1. The third-order valence-corrected chi connectivity index (χ3v) is 3.73. The summed E-state index contributed by atoms with van der Waals surface area (Å²) in [5.41, 5.74) is 6.50. The lowest BCUT2D eigenvalue weighted by Gasteiger charge is -2.18. The number of alkyl halides is 4. The van der Waals surface area contributed by atoms with E-state index in [4.69, 9.17) is 22.1 Å². The molecule has 0 bridgehead atoms. The van der Waals surface area contributed by atoms with E-state index < -0.39 is 18.0 Å². The van der Waals surface area contributed by atoms with Gasteiger partial charge in [-0.05, 0) is 29.3 Å². The van der Waals surface area contributed by atoms with Crippen LogP contribution in [-0.2, 0) is 6.18 Å². The predicted molar refractivity (Wildman–Crippen MR) is 89.8 cm³/mol. The number of hydrogen-bond donors (Lipinski definition) is 1. The molecule has 0 spiro atoms. The Labute approximate surface area is 146 Å². The largest absolute Gasteiger partial charge is 0.457 e. The number of dihydropyridines is 1. The molecule has 0 aliphatic carbocycles. The van der Waals surface area contributed by atoms with Gasteiger partial charge in [-0.2, -0.15) is 13.2 Å². The minimum Gasteiger partial charge on any atom is -0.457 e. The maximum Gasteiger partial charge on any atom is 0.433 e. The molecule has 1 aliphatic rings. The molecule has 2 heterocycles. The van der Waals surface area contributed by atoms with Crippen molar-refractivity contribution >= 4 is 23.4 Å². The predicted octanol–water partition coefficient (Wildman–Crippen LogP) is 4.25. The van der Waals surface area contributed by atoms with Crippen molar-refractivity contribution < 1.29 is 17.9 Å². The van der Waals surface area contributed by atoms with Gasteiger partial charge in [-0.25, -0.2) is 0 Å². The van der Waals surface area contributed by atoms with Crippen molar-refractivity contribution in [3.8, 4) is 11.5 Å². The molecule has 1 aliphatic heterocycles. The molecule has 0 saturated heterocycles. The highest BCUT2D eigenvalue weighted by Crippen LogP contribution is 2.31. The third-order valence-electron chi connectivity index (χ3n) is 3.49. The number of ether oxygens (including phenoxy) is 1. The molecule has 3 rings (SSSR count). The van der Waals surface area contributed by atoms with E-state index >= 15 is 0 Å². The van der Waals surface area contributed by atoms with E-state index in [0.717, 1.165) is 23.4 Å². The van der Waals surface area contributed by atoms with Crippen LogP contribution in [0.3, 0.4) is 0 Å². The fourth-order valence-electron chi connectivity index (χ4n) is 2.32. The Morgan fingerprint density at radius 2 is 1.80 bits per heavy atom. The van der Waals surface area contributed by atoms with Crippen molar-refractivity contribution in [1.82, 2.24) is 4.98 Å². The van der Waals surface area contributed by atoms with Crippen molar-refractivity contribution in [1.29, 1.82) is 0 Å². The van der Waals surface area contributed by atoms with Crippen LogP contribution in [0.2, 0.25) is 0 Å². The van der Waals surface area contributed by atoms with Crippen LogP contribution in [0.1, 0.15) is 11.3 Å². The smallest absolute Gasteiger partial charge is 0.433 e. The van der Waals surface area contributed by atoms with E-state index in [9.17, 15) is 13.2 Å². The minimum absolute atomic E-state index is 0.0501. The lowest BCUT2D eigenvalue weighted by atomic mass is 10.0. The van der Waals surface area contributed by atoms with Gasteiger partial charge in [0.25, 0.3) is 0 Å². The maximum atomic E-state index is 12.7. The number of hydrogen-bond acceptors (Lipinski definition) is 4. The van der Waals surface area contributed by atoms with Crippen molar-refractivity contribution in [2.45, 2.75) is 17.7 Å². The Hall–Kier alpha value is -2.38. The van der Waals surface area contributed by atoms with Gasteiger partial charge in [0.2, 0.25) is 0 Å². The SMILES string of the molecule is NC1N=CC(Cl)C=C1c1ccc(Oc2ccnc(C(F)(F)F)c2)cc1. The highest BCUT2D eigenvalue weighted by Gasteiger charge is 2.32. The zero-order valence-corrected chi connectivity index (χ0v) is 13.5. The Balaban J connectivity index is 1.78. The van der Waals surface area contributed by atoms with Gasteiger partial charge in [0.1, 0.15) is 23.4 Å². The number of nitrogens with two attached hydrogens (primary N) is 1. The third kappa shape index (κ3) is 4.18. The second-order valence-electron chi connectivity index (χ2n) is 5.31. The number of nitrogens with zero attached hydrogens (tertiary/aromatic N) is 2. The zero-order chi connectivity index (χ0) is 18.0. The Kier molecular flexibility index (Phi) is 4.78. The molecule has 1 aromatic carbocycles. The van der Waals surface area contributed by atoms with Crippen LogP contribution in [0.5, 0.6) is 11.5 Å². The summed E-state index contributed by atoms with van der Waals surface area (Å²) in [6, 6.07) is 8.97. The molecule has 130 valence electrons. The molecule has 2 N–H and O–H groups in total. The van der Waals surface area contributed by atoms with Crippen LogP contribution in [-0.4, -0.2) is 22.7 Å². The molecule has 2 atom stereocenters. The van der Waals surface area contributed by atoms with Crippen molar-refractivity contribution in [3.05, 3.63) is 59.9 Å². The topological polar surface area (TPSA) is 60.5 Å². The lowest BCUT2D eigenvalue weighted by molar-refractivity contribution is -0.141. The van der Waals surface area contributed by atoms with Gasteiger partial charge >= 0.3 is 6.18 Å². The van der Waals surface area contributed by atoms with Crippen LogP contribution >= 0.6 is 11.6 Å². The first-order valence-corrected chi connectivity index (χ1v) is 7.73. The normalized spacial score (nSPS) is 20.3. The summed E-state index contributed by atoms with van der Waals surface area (Å²) in [4.78, 5) is 7.39. The molecule has 0 fully saturated rings. The number of pyridine rings is 1. The van der Waals surface area contributed by atoms with Crippen molar-refractivity contribution in [2.75, 3.05) is 0 Å². The monoisotopic (exact) mass is 367 g/mol. The van der Waals surface area contributed by atoms with Gasteiger partial charge < -0.3 is 10.5 Å². The quantitative estimate of drug-likeness (QED) is 0.825. The van der Waals surface area contributed by atoms with Crippen LogP contribution in [0.15, 0.2) is 53.7 Å². The summed E-state index contributed by atoms with van der Waals surface area (Å²) in [5, 5.41) is -0.330. The number of aliphatic imine (C=N–C) groups is 1. The molecule has 2 unspecified atom stereocenters. The fourth-order valence-corrected chi connectivity index (χ4v) is 2.52. The van der Waals surface area contributed by atoms with E-state index in [1.165, 1.54) is 6.07 Å². The number of allylic oxidation sites excluding steroid dienone is 1. The van der Waals surface area contributed by atoms with Crippen LogP contribution in [0.4, 0.5) is 13.2 Å². The fraction of sp³-hybridized carbons (Fsp3) is 0.176. The average molecular weight is 368 g/mol. The maximum absolute atomic E-state index is 12.7. The molecule has 0 radical (unpaired) electrons. The van der Waals surface area contributed by atoms with Crippen LogP contribution < -0.4 is 10.5 Å². The second-order valence-corrected chi connectivity index (χ2v) is 5.81. The Morgan fingerprint density at radius 3 is 2.48 bits per heavy atom. The Bertz CT molecular complexity index is 819. The van der Waals surface area contributed by atoms with E-state index in [0.29, 0.717) is 5.75 Å². The molecule has 0 amide bonds. The summed E-state index contributed by atoms with van der Waals surface area (Å²) in [6.45, 7) is 0. The molecule has 1 aromatic heterocycles. The first-order chi connectivity index (χ1) is 11.8. The van der Waals surface area contributed by atoms with Gasteiger partial charge in [0.15, 0.2) is 0 Å². The van der Waals surface area contributed by atoms with Crippen molar-refractivity contribution in [3.63, 3.8) is 0 Å². The Morgan fingerprint density at radius 1 is 1.08 bits per heavy atom. The summed E-state index contributed by atoms with van der Waals surface area (Å²) >= 11 is 6.01. The molecular weight excluding hydrogens is 355 g/mol. The van der Waals surface area contributed by atoms with Crippen LogP contribution in [0, 0.1) is 0 Å². The highest BCUT2D eigenvalue weighted by molar-refractivity contribution is 6.30. The molecule has 0 saturated carbocycles. The molecule has 8 heteroatoms. The molecule has 4 nitrogen and oxygen atoms in total. The standard InChI is InChI=1S/C17H13ClF3N3O/c18-11-7-14(16(22)24-9-11)10-1-3-12(4-2-10)25-13-5-6-23-15(8-13)17(19,20)21/h1-9,11,16H,22H2. The molecule has 25 heavy (non-hydrogen) atoms. The summed E-state index contributed by atoms with van der Waals surface area (Å²) in [6.07, 6.45) is -0.610. The van der Waals surface area contributed by atoms with Gasteiger partial charge in [0, 0.05) is 18.5 Å². The zero-order valence-electron chi connectivity index (χ0n) is 12.7. The second kappa shape index (κ2) is 6.85. The van der Waals surface area contributed by atoms with E-state index in [2.05, 4.69) is 9.98 Å². The number of halogens is 4. The minimum atomic E-state index is -4.52. The van der Waals surface area contributed by atoms with Gasteiger partial charge in [-0.15, -0.1) is 11.6 Å². The molecule has 2 aromatic rings. The summed E-state index contributed by atoms with van der Waals surface area (Å²) in [7, 11) is 0. The number of aromatic nitrogens is 1. The number of rotatable bonds is 3. The van der Waals surface area contributed by atoms with Crippen molar-refractivity contribution in [2.24, 2.45) is 10.7 Å². The van der Waals surface area contributed by atoms with E-state index in [1.54, 1.807) is 36.6 Å². The van der Waals surface area contributed by atoms with E-state index in [1.807, 2.05) is 0 Å². The first-order valence-electron chi connectivity index (χ1n) is 7.29. The van der Waals surface area contributed by atoms with Crippen LogP contribution in [0.25, 0.3) is 5.57 Å². The molecular formula is C17H13ClF3N3O. The summed E-state index contributed by atoms with van der Waals surface area (Å²) in [5.74, 6) is 0.438. The first kappa shape index (κ1) is 17.4. The van der Waals surface area contributed by atoms with Gasteiger partial charge in [0.05, 0.1) is 5.38 Å². The van der Waals surface area contributed by atoms with Gasteiger partial charge in [-0.3, -0.25) is 9.98 Å². The average Bonchev–Trinajstić information content (AvgIpc) is 2.57. The lowest BCUT2D eigenvalue weighted by Crippen LogP contribution is -2.24. The van der Waals surface area contributed by atoms with Gasteiger partial charge in [-0.1, -0.05) is 18.2 Å². The highest BCUT2D eigenvalue weighted by atomic mass is 35.5. The summed E-state index contributed by atoms with van der Waals surface area (Å²) < 4.78 is 43.5. The van der Waals surface area contributed by atoms with E-state index in [-0.39, 0.29) is 11.1 Å².